The van der Waals surface area contributed by atoms with Crippen LogP contribution in [0, 0.1) is 28.6 Å². The number of rotatable bonds is 5. The van der Waals surface area contributed by atoms with Crippen LogP contribution in [0.15, 0.2) is 35.9 Å². The average molecular weight is 449 g/mol. The van der Waals surface area contributed by atoms with Crippen LogP contribution in [-0.4, -0.2) is 49.6 Å². The van der Waals surface area contributed by atoms with Gasteiger partial charge in [-0.1, -0.05) is 31.6 Å². The fourth-order valence-corrected chi connectivity index (χ4v) is 7.04. The highest BCUT2D eigenvalue weighted by molar-refractivity contribution is 5.97. The molecule has 2 aliphatic heterocycles. The van der Waals surface area contributed by atoms with E-state index in [1.165, 1.54) is 12.8 Å². The molecule has 6 heteroatoms. The second kappa shape index (κ2) is 7.59. The first-order valence-corrected chi connectivity index (χ1v) is 12.7. The molecule has 1 spiro atoms. The van der Waals surface area contributed by atoms with Gasteiger partial charge in [-0.2, -0.15) is 0 Å². The molecule has 2 saturated heterocycles. The Kier molecular flexibility index (Phi) is 4.88. The van der Waals surface area contributed by atoms with E-state index in [0.29, 0.717) is 18.5 Å². The first kappa shape index (κ1) is 21.2. The predicted octanol–water partition coefficient (Wildman–Crippen LogP) is 4.25. The molecule has 176 valence electrons. The third-order valence-electron chi connectivity index (χ3n) is 9.63. The minimum absolute atomic E-state index is 0.0731. The van der Waals surface area contributed by atoms with Gasteiger partial charge in [0.2, 0.25) is 5.91 Å². The van der Waals surface area contributed by atoms with Crippen LogP contribution in [0.3, 0.4) is 0 Å². The molecule has 4 fully saturated rings. The van der Waals surface area contributed by atoms with Gasteiger partial charge in [0.1, 0.15) is 0 Å². The lowest BCUT2D eigenvalue weighted by Crippen LogP contribution is -2.50. The second-order valence-corrected chi connectivity index (χ2v) is 11.6. The molecule has 1 aromatic carbocycles. The first-order chi connectivity index (χ1) is 15.9. The Morgan fingerprint density at radius 1 is 1.21 bits per heavy atom. The molecule has 2 saturated carbocycles. The van der Waals surface area contributed by atoms with Crippen molar-refractivity contribution in [3.8, 4) is 0 Å². The number of hydrogen-bond donors (Lipinski definition) is 2. The molecule has 4 aliphatic carbocycles. The number of urea groups is 1. The summed E-state index contributed by atoms with van der Waals surface area (Å²) in [7, 11) is 0. The Balaban J connectivity index is 1.02. The number of piperidine rings is 1. The van der Waals surface area contributed by atoms with Crippen molar-refractivity contribution in [2.24, 2.45) is 28.6 Å². The Morgan fingerprint density at radius 3 is 2.73 bits per heavy atom. The Hall–Kier alpha value is -2.34. The van der Waals surface area contributed by atoms with E-state index in [9.17, 15) is 9.59 Å². The van der Waals surface area contributed by atoms with Gasteiger partial charge < -0.3 is 10.6 Å². The highest BCUT2D eigenvalue weighted by atomic mass is 16.2. The summed E-state index contributed by atoms with van der Waals surface area (Å²) >= 11 is 0. The fourth-order valence-electron chi connectivity index (χ4n) is 7.04. The molecule has 6 aliphatic rings. The van der Waals surface area contributed by atoms with Gasteiger partial charge in [-0.25, -0.2) is 4.79 Å². The van der Waals surface area contributed by atoms with Gasteiger partial charge in [0.05, 0.1) is 0 Å². The minimum atomic E-state index is -0.0731. The zero-order valence-electron chi connectivity index (χ0n) is 19.9. The summed E-state index contributed by atoms with van der Waals surface area (Å²) in [4.78, 5) is 29.3. The SMILES string of the molecule is CC1(C)[C@H]2CC=C(CN3CCC4(CC3)CC4C(=O)Nc3cccc(N4CCNC4=O)c3)[C@@H]1C2. The van der Waals surface area contributed by atoms with E-state index in [4.69, 9.17) is 0 Å². The van der Waals surface area contributed by atoms with Crippen molar-refractivity contribution >= 4 is 23.3 Å². The zero-order chi connectivity index (χ0) is 22.8. The molecule has 3 amide bonds. The Labute approximate surface area is 196 Å². The number of fused-ring (bicyclic) bond motifs is 1. The molecule has 2 heterocycles. The van der Waals surface area contributed by atoms with Crippen LogP contribution in [0.2, 0.25) is 0 Å². The van der Waals surface area contributed by atoms with E-state index in [1.807, 2.05) is 24.3 Å². The van der Waals surface area contributed by atoms with Crippen LogP contribution in [-0.2, 0) is 4.79 Å². The van der Waals surface area contributed by atoms with Crippen molar-refractivity contribution in [2.45, 2.75) is 46.0 Å². The van der Waals surface area contributed by atoms with Crippen LogP contribution in [0.4, 0.5) is 16.2 Å². The van der Waals surface area contributed by atoms with E-state index >= 15 is 0 Å². The number of nitrogens with zero attached hydrogens (tertiary/aromatic N) is 2. The summed E-state index contributed by atoms with van der Waals surface area (Å²) in [5.41, 5.74) is 3.99. The lowest BCUT2D eigenvalue weighted by atomic mass is 9.49. The number of anilines is 2. The summed E-state index contributed by atoms with van der Waals surface area (Å²) in [5, 5.41) is 5.96. The molecule has 3 atom stereocenters. The quantitative estimate of drug-likeness (QED) is 0.662. The summed E-state index contributed by atoms with van der Waals surface area (Å²) in [6.45, 7) is 9.57. The van der Waals surface area contributed by atoms with Gasteiger partial charge in [-0.3, -0.25) is 14.6 Å². The van der Waals surface area contributed by atoms with Crippen LogP contribution in [0.25, 0.3) is 0 Å². The largest absolute Gasteiger partial charge is 0.336 e. The van der Waals surface area contributed by atoms with Gasteiger partial charge >= 0.3 is 6.03 Å². The number of hydrogen-bond acceptors (Lipinski definition) is 3. The number of allylic oxidation sites excluding steroid dienone is 1. The molecule has 0 radical (unpaired) electrons. The van der Waals surface area contributed by atoms with Crippen molar-refractivity contribution < 1.29 is 9.59 Å². The molecular formula is C27H36N4O2. The van der Waals surface area contributed by atoms with Gasteiger partial charge in [-0.05, 0) is 86.1 Å². The standard InChI is InChI=1S/C27H36N4O2/c1-26(2)19-7-6-18(22(26)14-19)17-30-11-8-27(9-12-30)16-23(27)24(32)29-20-4-3-5-21(15-20)31-13-10-28-25(31)33/h3-6,15,19,22-23H,7-14,16-17H2,1-2H3,(H,28,33)(H,29,32)/t19-,22-,23?/m0/s1. The normalized spacial score (nSPS) is 31.6. The van der Waals surface area contributed by atoms with E-state index in [0.717, 1.165) is 62.1 Å². The number of nitrogens with one attached hydrogen (secondary N) is 2. The molecule has 1 unspecified atom stereocenters. The van der Waals surface area contributed by atoms with Crippen LogP contribution < -0.4 is 15.5 Å². The summed E-state index contributed by atoms with van der Waals surface area (Å²) in [5.74, 6) is 1.95. The summed E-state index contributed by atoms with van der Waals surface area (Å²) < 4.78 is 0. The van der Waals surface area contributed by atoms with Gasteiger partial charge in [0.25, 0.3) is 0 Å². The number of amides is 3. The van der Waals surface area contributed by atoms with Gasteiger partial charge in [0, 0.05) is 36.9 Å². The highest BCUT2D eigenvalue weighted by Crippen LogP contribution is 2.61. The molecule has 6 nitrogen and oxygen atoms in total. The van der Waals surface area contributed by atoms with Crippen molar-refractivity contribution in [1.82, 2.24) is 10.2 Å². The maximum absolute atomic E-state index is 13.0. The average Bonchev–Trinajstić information content (AvgIpc) is 3.34. The number of likely N-dealkylation sites (tertiary alicyclic amines) is 1. The van der Waals surface area contributed by atoms with Crippen LogP contribution in [0.1, 0.15) is 46.0 Å². The maximum atomic E-state index is 13.0. The molecule has 0 aromatic heterocycles. The molecule has 1 aromatic rings. The van der Waals surface area contributed by atoms with Crippen LogP contribution >= 0.6 is 0 Å². The zero-order valence-corrected chi connectivity index (χ0v) is 19.9. The van der Waals surface area contributed by atoms with Crippen molar-refractivity contribution in [3.63, 3.8) is 0 Å². The molecule has 33 heavy (non-hydrogen) atoms. The number of carbonyl (C=O) groups excluding carboxylic acids is 2. The maximum Gasteiger partial charge on any atom is 0.321 e. The molecular weight excluding hydrogens is 412 g/mol. The van der Waals surface area contributed by atoms with E-state index in [1.54, 1.807) is 10.5 Å². The highest BCUT2D eigenvalue weighted by Gasteiger charge is 2.58. The van der Waals surface area contributed by atoms with Crippen molar-refractivity contribution in [3.05, 3.63) is 35.9 Å². The van der Waals surface area contributed by atoms with Crippen molar-refractivity contribution in [2.75, 3.05) is 42.9 Å². The topological polar surface area (TPSA) is 64.7 Å². The van der Waals surface area contributed by atoms with E-state index < -0.39 is 0 Å². The van der Waals surface area contributed by atoms with Gasteiger partial charge in [0.15, 0.2) is 0 Å². The molecule has 2 bridgehead atoms. The summed E-state index contributed by atoms with van der Waals surface area (Å²) in [6.07, 6.45) is 8.46. The molecule has 7 rings (SSSR count). The number of benzene rings is 1. The number of carbonyl (C=O) groups is 2. The van der Waals surface area contributed by atoms with Crippen LogP contribution in [0.5, 0.6) is 0 Å². The second-order valence-electron chi connectivity index (χ2n) is 11.6. The molecule has 2 N–H and O–H groups in total. The third-order valence-corrected chi connectivity index (χ3v) is 9.63. The Bertz CT molecular complexity index is 1010. The van der Waals surface area contributed by atoms with E-state index in [-0.39, 0.29) is 23.3 Å². The fraction of sp³-hybridized carbons (Fsp3) is 0.630. The van der Waals surface area contributed by atoms with Crippen molar-refractivity contribution in [1.29, 1.82) is 0 Å². The lowest BCUT2D eigenvalue weighted by molar-refractivity contribution is -0.118. The monoisotopic (exact) mass is 448 g/mol. The lowest BCUT2D eigenvalue weighted by Gasteiger charge is -2.57. The first-order valence-electron chi connectivity index (χ1n) is 12.7. The predicted molar refractivity (Wildman–Crippen MR) is 130 cm³/mol. The minimum Gasteiger partial charge on any atom is -0.336 e. The van der Waals surface area contributed by atoms with E-state index in [2.05, 4.69) is 35.5 Å². The third kappa shape index (κ3) is 3.58. The summed E-state index contributed by atoms with van der Waals surface area (Å²) in [6, 6.07) is 7.57. The Morgan fingerprint density at radius 2 is 2.03 bits per heavy atom. The van der Waals surface area contributed by atoms with Gasteiger partial charge in [-0.15, -0.1) is 0 Å². The smallest absolute Gasteiger partial charge is 0.321 e.